The van der Waals surface area contributed by atoms with Crippen molar-refractivity contribution in [3.05, 3.63) is 86.1 Å². The Hall–Kier alpha value is -4.29. The number of para-hydroxylation sites is 1. The molecule has 2 heterocycles. The number of anilines is 1. The Morgan fingerprint density at radius 1 is 1.22 bits per heavy atom. The Labute approximate surface area is 187 Å². The van der Waals surface area contributed by atoms with Gasteiger partial charge in [0, 0.05) is 17.0 Å². The molecule has 0 saturated carbocycles. The summed E-state index contributed by atoms with van der Waals surface area (Å²) in [6.07, 6.45) is 1.32. The van der Waals surface area contributed by atoms with Crippen molar-refractivity contribution < 1.29 is 9.72 Å². The molecule has 0 radical (unpaired) electrons. The zero-order valence-corrected chi connectivity index (χ0v) is 17.7. The first-order valence-electron chi connectivity index (χ1n) is 9.41. The third-order valence-electron chi connectivity index (χ3n) is 4.98. The van der Waals surface area contributed by atoms with Gasteiger partial charge in [-0.25, -0.2) is 4.98 Å². The molecule has 4 aromatic rings. The van der Waals surface area contributed by atoms with Gasteiger partial charge in [-0.2, -0.15) is 15.0 Å². The third-order valence-corrected chi connectivity index (χ3v) is 5.30. The van der Waals surface area contributed by atoms with Crippen LogP contribution in [0.5, 0.6) is 0 Å². The predicted octanol–water partition coefficient (Wildman–Crippen LogP) is 4.72. The van der Waals surface area contributed by atoms with Crippen LogP contribution in [0, 0.1) is 35.3 Å². The molecule has 1 N–H and O–H groups in total. The number of nitro benzene ring substituents is 1. The molecule has 0 aliphatic carbocycles. The number of pyridine rings is 1. The van der Waals surface area contributed by atoms with Gasteiger partial charge in [0.1, 0.15) is 16.7 Å². The maximum Gasteiger partial charge on any atom is 0.288 e. The maximum absolute atomic E-state index is 12.8. The first-order valence-corrected chi connectivity index (χ1v) is 9.78. The highest BCUT2D eigenvalue weighted by Gasteiger charge is 2.21. The predicted molar refractivity (Wildman–Crippen MR) is 119 cm³/mol. The van der Waals surface area contributed by atoms with E-state index in [-0.39, 0.29) is 22.0 Å². The summed E-state index contributed by atoms with van der Waals surface area (Å²) in [5.41, 5.74) is 2.44. The highest BCUT2D eigenvalue weighted by Crippen LogP contribution is 2.28. The number of hydrogen-bond acceptors (Lipinski definition) is 6. The van der Waals surface area contributed by atoms with Crippen molar-refractivity contribution >= 4 is 39.9 Å². The number of nitrogens with one attached hydrogen (secondary N) is 1. The molecule has 158 valence electrons. The topological polar surface area (TPSA) is 127 Å². The second kappa shape index (κ2) is 8.09. The lowest BCUT2D eigenvalue weighted by atomic mass is 10.1. The van der Waals surface area contributed by atoms with Gasteiger partial charge in [0.15, 0.2) is 11.6 Å². The molecule has 1 amide bonds. The highest BCUT2D eigenvalue weighted by atomic mass is 35.5. The zero-order chi connectivity index (χ0) is 23.0. The number of fused-ring (bicyclic) bond motifs is 1. The van der Waals surface area contributed by atoms with Crippen LogP contribution in [0.3, 0.4) is 0 Å². The smallest absolute Gasteiger partial charge is 0.288 e. The van der Waals surface area contributed by atoms with Crippen LogP contribution in [-0.4, -0.2) is 25.6 Å². The summed E-state index contributed by atoms with van der Waals surface area (Å²) >= 11 is 5.83. The number of aryl methyl sites for hydroxylation is 2. The minimum absolute atomic E-state index is 0.0104. The fourth-order valence-corrected chi connectivity index (χ4v) is 3.54. The summed E-state index contributed by atoms with van der Waals surface area (Å²) < 4.78 is 1.36. The molecule has 2 aromatic heterocycles. The number of nitriles is 1. The van der Waals surface area contributed by atoms with E-state index in [1.54, 1.807) is 6.07 Å². The van der Waals surface area contributed by atoms with Crippen LogP contribution >= 0.6 is 11.6 Å². The van der Waals surface area contributed by atoms with Crippen LogP contribution < -0.4 is 5.32 Å². The van der Waals surface area contributed by atoms with E-state index < -0.39 is 16.5 Å². The summed E-state index contributed by atoms with van der Waals surface area (Å²) in [7, 11) is 0. The molecule has 2 aromatic carbocycles. The zero-order valence-electron chi connectivity index (χ0n) is 17.0. The van der Waals surface area contributed by atoms with Crippen molar-refractivity contribution in [1.29, 1.82) is 5.26 Å². The van der Waals surface area contributed by atoms with Crippen LogP contribution in [0.1, 0.15) is 27.0 Å². The van der Waals surface area contributed by atoms with E-state index in [9.17, 15) is 20.2 Å². The minimum atomic E-state index is -0.672. The van der Waals surface area contributed by atoms with Gasteiger partial charge in [-0.1, -0.05) is 29.8 Å². The Morgan fingerprint density at radius 3 is 2.72 bits per heavy atom. The van der Waals surface area contributed by atoms with Crippen LogP contribution in [-0.2, 0) is 0 Å². The third kappa shape index (κ3) is 3.64. The number of carbonyl (C=O) groups is 1. The Balaban J connectivity index is 1.79. The molecule has 0 unspecified atom stereocenters. The van der Waals surface area contributed by atoms with Gasteiger partial charge in [0.05, 0.1) is 16.6 Å². The van der Waals surface area contributed by atoms with E-state index in [2.05, 4.69) is 15.4 Å². The van der Waals surface area contributed by atoms with Gasteiger partial charge < -0.3 is 5.32 Å². The second-order valence-corrected chi connectivity index (χ2v) is 7.48. The molecule has 4 rings (SSSR count). The van der Waals surface area contributed by atoms with Crippen molar-refractivity contribution in [2.75, 3.05) is 5.32 Å². The lowest BCUT2D eigenvalue weighted by Gasteiger charge is -2.12. The number of nitrogens with zero attached hydrogens (tertiary/aromatic N) is 5. The number of amides is 1. The molecule has 0 saturated heterocycles. The quantitative estimate of drug-likeness (QED) is 0.357. The van der Waals surface area contributed by atoms with E-state index in [0.29, 0.717) is 5.82 Å². The van der Waals surface area contributed by atoms with Crippen LogP contribution in [0.15, 0.2) is 48.7 Å². The molecular formula is C22H15ClN6O3. The number of benzene rings is 2. The molecule has 0 aliphatic heterocycles. The molecule has 0 spiro atoms. The Bertz CT molecular complexity index is 1450. The average molecular weight is 447 g/mol. The normalized spacial score (nSPS) is 10.7. The second-order valence-electron chi connectivity index (χ2n) is 7.08. The number of carbonyl (C=O) groups excluding carboxylic acids is 1. The van der Waals surface area contributed by atoms with E-state index in [0.717, 1.165) is 28.1 Å². The Morgan fingerprint density at radius 2 is 2.00 bits per heavy atom. The fraction of sp³-hybridized carbons (Fsp3) is 0.0909. The largest absolute Gasteiger partial charge is 0.305 e. The van der Waals surface area contributed by atoms with E-state index in [1.807, 2.05) is 38.1 Å². The van der Waals surface area contributed by atoms with Crippen LogP contribution in [0.4, 0.5) is 11.5 Å². The summed E-state index contributed by atoms with van der Waals surface area (Å²) in [4.78, 5) is 28.0. The van der Waals surface area contributed by atoms with Gasteiger partial charge in [-0.3, -0.25) is 14.9 Å². The monoisotopic (exact) mass is 446 g/mol. The Kier molecular flexibility index (Phi) is 5.30. The molecule has 32 heavy (non-hydrogen) atoms. The van der Waals surface area contributed by atoms with Crippen molar-refractivity contribution in [2.24, 2.45) is 0 Å². The summed E-state index contributed by atoms with van der Waals surface area (Å²) in [5, 5.41) is 28.4. The lowest BCUT2D eigenvalue weighted by Crippen LogP contribution is -2.17. The van der Waals surface area contributed by atoms with Gasteiger partial charge in [0.2, 0.25) is 0 Å². The summed E-state index contributed by atoms with van der Waals surface area (Å²) in [5.74, 6) is -0.130. The van der Waals surface area contributed by atoms with Gasteiger partial charge in [-0.05, 0) is 43.2 Å². The first-order chi connectivity index (χ1) is 15.3. The van der Waals surface area contributed by atoms with Crippen molar-refractivity contribution in [3.8, 4) is 11.9 Å². The maximum atomic E-state index is 12.8. The molecule has 9 nitrogen and oxygen atoms in total. The standard InChI is InChI=1S/C22H15ClN6O3/c1-12-4-3-5-16-13(2)8-19(26-20(12)16)28-21(15(10-24)11-25-28)27-22(30)14-6-7-17(23)18(9-14)29(31)32/h3-9,11H,1-2H3,(H,27,30). The van der Waals surface area contributed by atoms with Gasteiger partial charge in [0.25, 0.3) is 11.6 Å². The van der Waals surface area contributed by atoms with E-state index in [1.165, 1.54) is 23.0 Å². The summed E-state index contributed by atoms with van der Waals surface area (Å²) in [6.45, 7) is 3.88. The molecule has 10 heteroatoms. The van der Waals surface area contributed by atoms with Crippen molar-refractivity contribution in [2.45, 2.75) is 13.8 Å². The number of rotatable bonds is 4. The van der Waals surface area contributed by atoms with E-state index in [4.69, 9.17) is 11.6 Å². The fourth-order valence-electron chi connectivity index (χ4n) is 3.35. The van der Waals surface area contributed by atoms with Gasteiger partial charge >= 0.3 is 0 Å². The van der Waals surface area contributed by atoms with Crippen LogP contribution in [0.25, 0.3) is 16.7 Å². The van der Waals surface area contributed by atoms with Crippen LogP contribution in [0.2, 0.25) is 5.02 Å². The van der Waals surface area contributed by atoms with Gasteiger partial charge in [-0.15, -0.1) is 0 Å². The molecule has 0 aliphatic rings. The minimum Gasteiger partial charge on any atom is -0.305 e. The highest BCUT2D eigenvalue weighted by molar-refractivity contribution is 6.32. The first kappa shape index (κ1) is 21.0. The molecule has 0 atom stereocenters. The average Bonchev–Trinajstić information content (AvgIpc) is 3.17. The summed E-state index contributed by atoms with van der Waals surface area (Å²) in [6, 6.07) is 13.4. The molecular weight excluding hydrogens is 432 g/mol. The number of aromatic nitrogens is 3. The number of hydrogen-bond donors (Lipinski definition) is 1. The SMILES string of the molecule is Cc1cc(-n2ncc(C#N)c2NC(=O)c2ccc(Cl)c([N+](=O)[O-])c2)nc2c(C)cccc12. The number of nitro groups is 1. The molecule has 0 fully saturated rings. The van der Waals surface area contributed by atoms with E-state index >= 15 is 0 Å². The lowest BCUT2D eigenvalue weighted by molar-refractivity contribution is -0.384. The van der Waals surface area contributed by atoms with Crippen molar-refractivity contribution in [3.63, 3.8) is 0 Å². The number of halogens is 1. The van der Waals surface area contributed by atoms with Crippen molar-refractivity contribution in [1.82, 2.24) is 14.8 Å². The molecule has 0 bridgehead atoms.